The molecule has 0 spiro atoms. The van der Waals surface area contributed by atoms with Crippen molar-refractivity contribution in [3.8, 4) is 0 Å². The van der Waals surface area contributed by atoms with Crippen molar-refractivity contribution in [2.24, 2.45) is 0 Å². The molecule has 0 aliphatic heterocycles. The van der Waals surface area contributed by atoms with E-state index in [9.17, 15) is 9.59 Å². The number of rotatable bonds is 7. The van der Waals surface area contributed by atoms with Crippen molar-refractivity contribution in [3.63, 3.8) is 0 Å². The van der Waals surface area contributed by atoms with Gasteiger partial charge in [0.25, 0.3) is 0 Å². The number of hydrogen-bond acceptors (Lipinski definition) is 2. The van der Waals surface area contributed by atoms with Crippen molar-refractivity contribution in [1.82, 2.24) is 10.2 Å². The fourth-order valence-corrected chi connectivity index (χ4v) is 3.13. The molecule has 0 aliphatic rings. The van der Waals surface area contributed by atoms with Gasteiger partial charge in [-0.25, -0.2) is 0 Å². The van der Waals surface area contributed by atoms with Crippen LogP contribution in [0.15, 0.2) is 54.6 Å². The molecule has 0 aliphatic carbocycles. The summed E-state index contributed by atoms with van der Waals surface area (Å²) in [6.07, 6.45) is 0.848. The van der Waals surface area contributed by atoms with Crippen molar-refractivity contribution in [2.75, 3.05) is 0 Å². The predicted molar refractivity (Wildman–Crippen MR) is 114 cm³/mol. The Morgan fingerprint density at radius 3 is 2.11 bits per heavy atom. The van der Waals surface area contributed by atoms with Crippen LogP contribution in [0.3, 0.4) is 0 Å². The third-order valence-corrected chi connectivity index (χ3v) is 4.56. The summed E-state index contributed by atoms with van der Waals surface area (Å²) in [5, 5.41) is 3.03. The Hall–Kier alpha value is -2.62. The summed E-state index contributed by atoms with van der Waals surface area (Å²) in [6, 6.07) is 17.3. The van der Waals surface area contributed by atoms with Crippen LogP contribution in [0.25, 0.3) is 0 Å². The van der Waals surface area contributed by atoms with Gasteiger partial charge in [-0.15, -0.1) is 0 Å². The van der Waals surface area contributed by atoms with Gasteiger partial charge in [0.2, 0.25) is 11.8 Å². The number of carbonyl (C=O) groups is 2. The van der Waals surface area contributed by atoms with E-state index < -0.39 is 6.04 Å². The van der Waals surface area contributed by atoms with Gasteiger partial charge in [0.05, 0.1) is 6.42 Å². The lowest BCUT2D eigenvalue weighted by Crippen LogP contribution is -2.53. The van der Waals surface area contributed by atoms with Crippen molar-refractivity contribution in [2.45, 2.75) is 65.6 Å². The average Bonchev–Trinajstić information content (AvgIpc) is 2.62. The average molecular weight is 381 g/mol. The van der Waals surface area contributed by atoms with E-state index in [2.05, 4.69) is 5.32 Å². The number of nitrogens with zero attached hydrogens (tertiary/aromatic N) is 1. The fourth-order valence-electron chi connectivity index (χ4n) is 3.13. The van der Waals surface area contributed by atoms with Crippen LogP contribution in [0.5, 0.6) is 0 Å². The third-order valence-electron chi connectivity index (χ3n) is 4.56. The van der Waals surface area contributed by atoms with E-state index in [0.717, 1.165) is 11.1 Å². The van der Waals surface area contributed by atoms with Crippen molar-refractivity contribution in [3.05, 3.63) is 71.3 Å². The zero-order valence-corrected chi connectivity index (χ0v) is 17.7. The summed E-state index contributed by atoms with van der Waals surface area (Å²) in [6.45, 7) is 10.3. The van der Waals surface area contributed by atoms with Gasteiger partial charge >= 0.3 is 0 Å². The lowest BCUT2D eigenvalue weighted by Gasteiger charge is -2.33. The van der Waals surface area contributed by atoms with Gasteiger partial charge in [-0.1, -0.05) is 67.1 Å². The zero-order chi connectivity index (χ0) is 20.7. The second-order valence-electron chi connectivity index (χ2n) is 8.33. The monoisotopic (exact) mass is 380 g/mol. The molecule has 0 bridgehead atoms. The second-order valence-corrected chi connectivity index (χ2v) is 8.33. The maximum absolute atomic E-state index is 13.2. The highest BCUT2D eigenvalue weighted by atomic mass is 16.2. The predicted octanol–water partition coefficient (Wildman–Crippen LogP) is 4.26. The first-order valence-corrected chi connectivity index (χ1v) is 9.90. The number of benzene rings is 2. The van der Waals surface area contributed by atoms with Crippen LogP contribution in [0, 0.1) is 6.92 Å². The lowest BCUT2D eigenvalue weighted by atomic mass is 10.0. The molecule has 0 saturated heterocycles. The first-order chi connectivity index (χ1) is 13.2. The molecular weight excluding hydrogens is 348 g/mol. The van der Waals surface area contributed by atoms with Gasteiger partial charge in [0, 0.05) is 12.1 Å². The number of hydrogen-bond donors (Lipinski definition) is 1. The van der Waals surface area contributed by atoms with E-state index in [-0.39, 0.29) is 23.8 Å². The van der Waals surface area contributed by atoms with E-state index in [4.69, 9.17) is 0 Å². The van der Waals surface area contributed by atoms with Crippen LogP contribution in [-0.4, -0.2) is 28.3 Å². The molecule has 4 heteroatoms. The quantitative estimate of drug-likeness (QED) is 0.780. The van der Waals surface area contributed by atoms with Crippen LogP contribution >= 0.6 is 0 Å². The summed E-state index contributed by atoms with van der Waals surface area (Å²) in [4.78, 5) is 27.8. The van der Waals surface area contributed by atoms with Crippen molar-refractivity contribution < 1.29 is 9.59 Å². The van der Waals surface area contributed by atoms with Gasteiger partial charge in [-0.3, -0.25) is 9.59 Å². The smallest absolute Gasteiger partial charge is 0.243 e. The van der Waals surface area contributed by atoms with E-state index in [0.29, 0.717) is 13.0 Å². The van der Waals surface area contributed by atoms with Crippen LogP contribution in [0.4, 0.5) is 0 Å². The highest BCUT2D eigenvalue weighted by molar-refractivity contribution is 5.88. The largest absolute Gasteiger partial charge is 0.350 e. The fraction of sp³-hybridized carbons (Fsp3) is 0.417. The molecule has 1 N–H and O–H groups in total. The molecule has 0 unspecified atom stereocenters. The minimum absolute atomic E-state index is 0.0392. The Labute approximate surface area is 169 Å². The standard InChI is InChI=1S/C24H32N2O2/c1-6-21(23(28)25-24(3,4)5)26(17-20-14-12-18(2)13-15-20)22(27)16-19-10-8-7-9-11-19/h7-15,21H,6,16-17H2,1-5H3,(H,25,28)/t21-/m0/s1. The van der Waals surface area contributed by atoms with Gasteiger partial charge in [0.15, 0.2) is 0 Å². The van der Waals surface area contributed by atoms with Crippen molar-refractivity contribution >= 4 is 11.8 Å². The third kappa shape index (κ3) is 6.52. The molecule has 2 amide bonds. The first kappa shape index (κ1) is 21.7. The summed E-state index contributed by atoms with van der Waals surface area (Å²) in [7, 11) is 0. The topological polar surface area (TPSA) is 49.4 Å². The number of nitrogens with one attached hydrogen (secondary N) is 1. The summed E-state index contributed by atoms with van der Waals surface area (Å²) >= 11 is 0. The van der Waals surface area contributed by atoms with Crippen LogP contribution in [0.2, 0.25) is 0 Å². The molecule has 28 heavy (non-hydrogen) atoms. The Bertz CT molecular complexity index is 777. The Morgan fingerprint density at radius 2 is 1.57 bits per heavy atom. The van der Waals surface area contributed by atoms with E-state index in [1.54, 1.807) is 4.90 Å². The van der Waals surface area contributed by atoms with E-state index >= 15 is 0 Å². The molecule has 0 fully saturated rings. The molecule has 2 aromatic rings. The highest BCUT2D eigenvalue weighted by Crippen LogP contribution is 2.16. The molecule has 0 aromatic heterocycles. The molecule has 0 heterocycles. The Kier molecular flexibility index (Phi) is 7.38. The van der Waals surface area contributed by atoms with E-state index in [1.165, 1.54) is 5.56 Å². The van der Waals surface area contributed by atoms with Crippen LogP contribution in [0.1, 0.15) is 50.8 Å². The normalized spacial score (nSPS) is 12.3. The highest BCUT2D eigenvalue weighted by Gasteiger charge is 2.30. The number of amides is 2. The molecule has 0 saturated carbocycles. The van der Waals surface area contributed by atoms with Crippen LogP contribution in [-0.2, 0) is 22.6 Å². The molecule has 4 nitrogen and oxygen atoms in total. The van der Waals surface area contributed by atoms with Gasteiger partial charge in [0.1, 0.15) is 6.04 Å². The minimum atomic E-state index is -0.503. The van der Waals surface area contributed by atoms with Gasteiger partial charge in [-0.2, -0.15) is 0 Å². The molecule has 2 rings (SSSR count). The van der Waals surface area contributed by atoms with Crippen molar-refractivity contribution in [1.29, 1.82) is 0 Å². The molecular formula is C24H32N2O2. The van der Waals surface area contributed by atoms with Crippen LogP contribution < -0.4 is 5.32 Å². The molecule has 2 aromatic carbocycles. The maximum Gasteiger partial charge on any atom is 0.243 e. The summed E-state index contributed by atoms with van der Waals surface area (Å²) < 4.78 is 0. The Balaban J connectivity index is 2.28. The Morgan fingerprint density at radius 1 is 0.964 bits per heavy atom. The lowest BCUT2D eigenvalue weighted by molar-refractivity contribution is -0.141. The second kappa shape index (κ2) is 9.54. The zero-order valence-electron chi connectivity index (χ0n) is 17.7. The molecule has 150 valence electrons. The number of aryl methyl sites for hydroxylation is 1. The number of carbonyl (C=O) groups excluding carboxylic acids is 2. The molecule has 0 radical (unpaired) electrons. The maximum atomic E-state index is 13.2. The van der Waals surface area contributed by atoms with Gasteiger partial charge < -0.3 is 10.2 Å². The summed E-state index contributed by atoms with van der Waals surface area (Å²) in [5.74, 6) is -0.147. The van der Waals surface area contributed by atoms with Gasteiger partial charge in [-0.05, 0) is 45.2 Å². The summed E-state index contributed by atoms with van der Waals surface area (Å²) in [5.41, 5.74) is 2.80. The SMILES string of the molecule is CC[C@@H](C(=O)NC(C)(C)C)N(Cc1ccc(C)cc1)C(=O)Cc1ccccc1. The minimum Gasteiger partial charge on any atom is -0.350 e. The molecule has 1 atom stereocenters. The van der Waals surface area contributed by atoms with E-state index in [1.807, 2.05) is 89.2 Å². The first-order valence-electron chi connectivity index (χ1n) is 9.90.